The summed E-state index contributed by atoms with van der Waals surface area (Å²) in [5, 5.41) is 10.8. The molecule has 1 aliphatic rings. The second kappa shape index (κ2) is 6.23. The Morgan fingerprint density at radius 1 is 1.45 bits per heavy atom. The van der Waals surface area contributed by atoms with Crippen LogP contribution in [0, 0.1) is 5.41 Å². The number of benzene rings is 1. The van der Waals surface area contributed by atoms with Crippen molar-refractivity contribution in [3.8, 4) is 0 Å². The van der Waals surface area contributed by atoms with Crippen LogP contribution in [0.15, 0.2) is 24.4 Å². The fourth-order valence-electron chi connectivity index (χ4n) is 2.07. The first-order valence-corrected chi connectivity index (χ1v) is 6.60. The number of hydrogen-bond donors (Lipinski definition) is 3. The Labute approximate surface area is 118 Å². The van der Waals surface area contributed by atoms with Crippen molar-refractivity contribution in [2.45, 2.75) is 25.3 Å². The Morgan fingerprint density at radius 2 is 2.20 bits per heavy atom. The molecule has 0 radical (unpaired) electrons. The van der Waals surface area contributed by atoms with Crippen LogP contribution in [-0.2, 0) is 4.74 Å². The molecular weight excluding hydrogens is 254 g/mol. The minimum absolute atomic E-state index is 0.373. The van der Waals surface area contributed by atoms with Crippen LogP contribution in [0.1, 0.15) is 35.2 Å². The molecule has 0 heterocycles. The molecule has 1 saturated carbocycles. The van der Waals surface area contributed by atoms with Gasteiger partial charge in [-0.15, -0.1) is 0 Å². The summed E-state index contributed by atoms with van der Waals surface area (Å²) in [6.07, 6.45) is 6.54. The van der Waals surface area contributed by atoms with Crippen molar-refractivity contribution in [3.05, 3.63) is 35.5 Å². The van der Waals surface area contributed by atoms with Crippen LogP contribution in [0.3, 0.4) is 0 Å². The van der Waals surface area contributed by atoms with Gasteiger partial charge < -0.3 is 21.2 Å². The Kier molecular flexibility index (Phi) is 4.40. The van der Waals surface area contributed by atoms with Gasteiger partial charge in [-0.2, -0.15) is 0 Å². The highest BCUT2D eigenvalue weighted by atomic mass is 16.5. The first-order valence-electron chi connectivity index (χ1n) is 6.60. The predicted molar refractivity (Wildman–Crippen MR) is 79.7 cm³/mol. The van der Waals surface area contributed by atoms with Crippen molar-refractivity contribution in [1.29, 1.82) is 5.41 Å². The van der Waals surface area contributed by atoms with Crippen LogP contribution in [0.2, 0.25) is 0 Å². The zero-order chi connectivity index (χ0) is 14.5. The molecule has 1 aliphatic carbocycles. The number of anilines is 1. The van der Waals surface area contributed by atoms with Crippen molar-refractivity contribution >= 4 is 23.4 Å². The number of methoxy groups -OCH3 is 1. The fraction of sp³-hybridized carbons (Fsp3) is 0.333. The molecule has 2 rings (SSSR count). The maximum atomic E-state index is 11.8. The van der Waals surface area contributed by atoms with E-state index < -0.39 is 5.97 Å². The third kappa shape index (κ3) is 2.99. The number of hydrogen-bond acceptors (Lipinski definition) is 5. The number of nitrogens with two attached hydrogens (primary N) is 1. The minimum Gasteiger partial charge on any atom is -0.465 e. The van der Waals surface area contributed by atoms with Crippen molar-refractivity contribution < 1.29 is 9.53 Å². The van der Waals surface area contributed by atoms with Crippen molar-refractivity contribution in [2.24, 2.45) is 0 Å². The normalized spacial score (nSPS) is 15.3. The minimum atomic E-state index is -0.455. The number of carbonyl (C=O) groups is 1. The summed E-state index contributed by atoms with van der Waals surface area (Å²) >= 11 is 0. The molecule has 0 atom stereocenters. The molecule has 0 bridgehead atoms. The molecule has 4 N–H and O–H groups in total. The van der Waals surface area contributed by atoms with E-state index in [9.17, 15) is 4.79 Å². The summed E-state index contributed by atoms with van der Waals surface area (Å²) in [4.78, 5) is 11.8. The molecule has 0 aliphatic heterocycles. The average Bonchev–Trinajstić information content (AvgIpc) is 2.41. The maximum Gasteiger partial charge on any atom is 0.338 e. The van der Waals surface area contributed by atoms with E-state index in [2.05, 4.69) is 5.32 Å². The molecule has 5 heteroatoms. The van der Waals surface area contributed by atoms with E-state index >= 15 is 0 Å². The zero-order valence-corrected chi connectivity index (χ0v) is 11.5. The molecule has 0 unspecified atom stereocenters. The Bertz CT molecular complexity index is 548. The molecule has 0 aromatic heterocycles. The van der Waals surface area contributed by atoms with E-state index in [1.165, 1.54) is 19.7 Å². The molecule has 1 aromatic rings. The molecule has 0 spiro atoms. The molecular formula is C15H19N3O2. The number of nitrogens with one attached hydrogen (secondary N) is 2. The van der Waals surface area contributed by atoms with Gasteiger partial charge >= 0.3 is 5.97 Å². The highest BCUT2D eigenvalue weighted by Crippen LogP contribution is 2.23. The largest absolute Gasteiger partial charge is 0.465 e. The van der Waals surface area contributed by atoms with E-state index in [-0.39, 0.29) is 0 Å². The van der Waals surface area contributed by atoms with Gasteiger partial charge in [0.05, 0.1) is 12.7 Å². The van der Waals surface area contributed by atoms with Crippen LogP contribution in [0.4, 0.5) is 5.69 Å². The SMILES string of the molecule is COC(=O)c1cc(N)ccc1/C(C=N)=C/NC1CCC1. The van der Waals surface area contributed by atoms with Gasteiger partial charge in [-0.05, 0) is 37.0 Å². The van der Waals surface area contributed by atoms with Gasteiger partial charge in [0.2, 0.25) is 0 Å². The quantitative estimate of drug-likeness (QED) is 0.436. The summed E-state index contributed by atoms with van der Waals surface area (Å²) in [7, 11) is 1.33. The molecule has 5 nitrogen and oxygen atoms in total. The third-order valence-electron chi connectivity index (χ3n) is 3.50. The van der Waals surface area contributed by atoms with Gasteiger partial charge in [0.15, 0.2) is 0 Å². The zero-order valence-electron chi connectivity index (χ0n) is 11.5. The Morgan fingerprint density at radius 3 is 2.75 bits per heavy atom. The summed E-state index contributed by atoms with van der Waals surface area (Å²) in [6, 6.07) is 5.49. The molecule has 1 aromatic carbocycles. The number of allylic oxidation sites excluding steroid dienone is 1. The molecule has 0 saturated heterocycles. The van der Waals surface area contributed by atoms with Gasteiger partial charge in [0.25, 0.3) is 0 Å². The monoisotopic (exact) mass is 273 g/mol. The number of carbonyl (C=O) groups excluding carboxylic acids is 1. The van der Waals surface area contributed by atoms with Crippen LogP contribution in [0.5, 0.6) is 0 Å². The summed E-state index contributed by atoms with van der Waals surface area (Å²) in [5.41, 5.74) is 7.86. The van der Waals surface area contributed by atoms with E-state index in [0.29, 0.717) is 28.4 Å². The molecule has 0 amide bonds. The van der Waals surface area contributed by atoms with Crippen LogP contribution in [0.25, 0.3) is 5.57 Å². The van der Waals surface area contributed by atoms with Crippen LogP contribution >= 0.6 is 0 Å². The van der Waals surface area contributed by atoms with E-state index in [1.807, 2.05) is 0 Å². The lowest BCUT2D eigenvalue weighted by atomic mass is 9.93. The standard InChI is InChI=1S/C15H19N3O2/c1-20-15(19)14-7-11(17)5-6-13(14)10(8-16)9-18-12-3-2-4-12/h5-9,12,16,18H,2-4,17H2,1H3/b10-9+,16-8?. The van der Waals surface area contributed by atoms with Gasteiger partial charge in [0, 0.05) is 29.7 Å². The summed E-state index contributed by atoms with van der Waals surface area (Å²) in [6.45, 7) is 0. The Balaban J connectivity index is 2.32. The second-order valence-electron chi connectivity index (χ2n) is 4.84. The van der Waals surface area contributed by atoms with Gasteiger partial charge in [-0.25, -0.2) is 4.79 Å². The lowest BCUT2D eigenvalue weighted by Crippen LogP contribution is -2.31. The highest BCUT2D eigenvalue weighted by Gasteiger charge is 2.17. The smallest absolute Gasteiger partial charge is 0.338 e. The van der Waals surface area contributed by atoms with Gasteiger partial charge in [-0.1, -0.05) is 6.07 Å². The highest BCUT2D eigenvalue weighted by molar-refractivity contribution is 6.12. The summed E-state index contributed by atoms with van der Waals surface area (Å²) < 4.78 is 4.77. The topological polar surface area (TPSA) is 88.2 Å². The molecule has 1 fully saturated rings. The number of esters is 1. The third-order valence-corrected chi connectivity index (χ3v) is 3.50. The lowest BCUT2D eigenvalue weighted by molar-refractivity contribution is 0.0600. The fourth-order valence-corrected chi connectivity index (χ4v) is 2.07. The van der Waals surface area contributed by atoms with Crippen LogP contribution in [-0.4, -0.2) is 25.3 Å². The lowest BCUT2D eigenvalue weighted by Gasteiger charge is -2.26. The predicted octanol–water partition coefficient (Wildman–Crippen LogP) is 2.19. The van der Waals surface area contributed by atoms with Crippen molar-refractivity contribution in [2.75, 3.05) is 12.8 Å². The molecule has 106 valence electrons. The number of rotatable bonds is 5. The van der Waals surface area contributed by atoms with E-state index in [1.54, 1.807) is 24.4 Å². The van der Waals surface area contributed by atoms with Gasteiger partial charge in [0.1, 0.15) is 0 Å². The van der Waals surface area contributed by atoms with Gasteiger partial charge in [-0.3, -0.25) is 0 Å². The summed E-state index contributed by atoms with van der Waals surface area (Å²) in [5.74, 6) is -0.455. The Hall–Kier alpha value is -2.30. The van der Waals surface area contributed by atoms with E-state index in [0.717, 1.165) is 12.8 Å². The molecule has 20 heavy (non-hydrogen) atoms. The van der Waals surface area contributed by atoms with Crippen molar-refractivity contribution in [3.63, 3.8) is 0 Å². The number of nitrogen functional groups attached to an aromatic ring is 1. The maximum absolute atomic E-state index is 11.8. The first-order chi connectivity index (χ1) is 9.65. The second-order valence-corrected chi connectivity index (χ2v) is 4.84. The van der Waals surface area contributed by atoms with Crippen molar-refractivity contribution in [1.82, 2.24) is 5.32 Å². The first kappa shape index (κ1) is 14.1. The average molecular weight is 273 g/mol. The van der Waals surface area contributed by atoms with Crippen LogP contribution < -0.4 is 11.1 Å². The van der Waals surface area contributed by atoms with E-state index in [4.69, 9.17) is 15.9 Å². The number of ether oxygens (including phenoxy) is 1.